The molecule has 1 aliphatic heterocycles. The molecule has 0 aromatic heterocycles. The van der Waals surface area contributed by atoms with E-state index in [1.165, 1.54) is 0 Å². The molecule has 0 unspecified atom stereocenters. The van der Waals surface area contributed by atoms with Gasteiger partial charge in [0.25, 0.3) is 0 Å². The van der Waals surface area contributed by atoms with Crippen LogP contribution in [0.15, 0.2) is 12.7 Å². The van der Waals surface area contributed by atoms with E-state index in [2.05, 4.69) is 46.3 Å². The highest BCUT2D eigenvalue weighted by Gasteiger charge is 2.46. The molecule has 3 heteroatoms. The Hall–Kier alpha value is -0.380. The van der Waals surface area contributed by atoms with Crippen LogP contribution < -0.4 is 0 Å². The lowest BCUT2D eigenvalue weighted by Gasteiger charge is -2.53. The number of nitrogens with zero attached hydrogens (tertiary/aromatic N) is 1. The fourth-order valence-corrected chi connectivity index (χ4v) is 3.03. The lowest BCUT2D eigenvalue weighted by molar-refractivity contribution is -0.294. The first kappa shape index (κ1) is 15.7. The van der Waals surface area contributed by atoms with Crippen LogP contribution in [0.2, 0.25) is 0 Å². The molecule has 0 saturated carbocycles. The zero-order valence-electron chi connectivity index (χ0n) is 12.7. The first-order chi connectivity index (χ1) is 8.33. The predicted octanol–water partition coefficient (Wildman–Crippen LogP) is 3.55. The fourth-order valence-electron chi connectivity index (χ4n) is 3.03. The van der Waals surface area contributed by atoms with E-state index in [4.69, 9.17) is 9.57 Å². The molecule has 0 spiro atoms. The highest BCUT2D eigenvalue weighted by Crippen LogP contribution is 2.39. The van der Waals surface area contributed by atoms with Gasteiger partial charge in [-0.3, -0.25) is 4.84 Å². The maximum absolute atomic E-state index is 5.97. The molecule has 0 bridgehead atoms. The summed E-state index contributed by atoms with van der Waals surface area (Å²) in [4.78, 5) is 5.97. The first-order valence-corrected chi connectivity index (χ1v) is 6.99. The molecule has 0 N–H and O–H groups in total. The smallest absolute Gasteiger partial charge is 0.0683 e. The molecule has 1 fully saturated rings. The van der Waals surface area contributed by atoms with Gasteiger partial charge in [0.05, 0.1) is 19.3 Å². The Labute approximate surface area is 112 Å². The number of hydrogen-bond donors (Lipinski definition) is 0. The minimum absolute atomic E-state index is 0.00273. The normalized spacial score (nSPS) is 24.1. The van der Waals surface area contributed by atoms with Crippen molar-refractivity contribution < 1.29 is 9.57 Å². The zero-order valence-corrected chi connectivity index (χ0v) is 12.7. The molecular weight excluding hydrogens is 226 g/mol. The van der Waals surface area contributed by atoms with Crippen LogP contribution in [0.3, 0.4) is 0 Å². The minimum atomic E-state index is 0.00273. The van der Waals surface area contributed by atoms with Gasteiger partial charge in [-0.1, -0.05) is 13.0 Å². The van der Waals surface area contributed by atoms with E-state index in [1.807, 2.05) is 6.08 Å². The number of hydroxylamine groups is 2. The van der Waals surface area contributed by atoms with Crippen LogP contribution in [0, 0.1) is 0 Å². The van der Waals surface area contributed by atoms with E-state index in [0.29, 0.717) is 6.61 Å². The van der Waals surface area contributed by atoms with Crippen LogP contribution in [0.4, 0.5) is 0 Å². The molecule has 3 nitrogen and oxygen atoms in total. The van der Waals surface area contributed by atoms with Gasteiger partial charge in [0, 0.05) is 11.1 Å². The monoisotopic (exact) mass is 255 g/mol. The summed E-state index contributed by atoms with van der Waals surface area (Å²) < 4.78 is 5.86. The van der Waals surface area contributed by atoms with Crippen LogP contribution in [0.25, 0.3) is 0 Å². The number of piperidine rings is 1. The number of rotatable bonds is 6. The Bertz CT molecular complexity index is 256. The van der Waals surface area contributed by atoms with E-state index in [-0.39, 0.29) is 17.2 Å². The van der Waals surface area contributed by atoms with E-state index >= 15 is 0 Å². The summed E-state index contributed by atoms with van der Waals surface area (Å²) in [6.45, 7) is 16.2. The predicted molar refractivity (Wildman–Crippen MR) is 75.4 cm³/mol. The average Bonchev–Trinajstić information content (AvgIpc) is 2.23. The third kappa shape index (κ3) is 3.81. The van der Waals surface area contributed by atoms with Crippen molar-refractivity contribution in [2.24, 2.45) is 0 Å². The van der Waals surface area contributed by atoms with Crippen LogP contribution in [0.1, 0.15) is 53.9 Å². The molecule has 0 atom stereocenters. The van der Waals surface area contributed by atoms with Crippen LogP contribution in [-0.4, -0.2) is 35.5 Å². The van der Waals surface area contributed by atoms with Crippen molar-refractivity contribution in [3.8, 4) is 0 Å². The lowest BCUT2D eigenvalue weighted by Crippen LogP contribution is -2.61. The fraction of sp³-hybridized carbons (Fsp3) is 0.867. The second-order valence-corrected chi connectivity index (χ2v) is 6.40. The summed E-state index contributed by atoms with van der Waals surface area (Å²) in [5.41, 5.74) is 0.00547. The van der Waals surface area contributed by atoms with Crippen LogP contribution in [0.5, 0.6) is 0 Å². The van der Waals surface area contributed by atoms with Gasteiger partial charge >= 0.3 is 0 Å². The van der Waals surface area contributed by atoms with E-state index < -0.39 is 0 Å². The molecule has 1 saturated heterocycles. The van der Waals surface area contributed by atoms with Crippen molar-refractivity contribution in [1.82, 2.24) is 5.06 Å². The third-order valence-corrected chi connectivity index (χ3v) is 3.43. The zero-order chi connectivity index (χ0) is 13.8. The SMILES string of the molecule is C=CCOC1CC(C)(C)N(OCCC)C(C)(C)C1. The molecule has 0 aromatic carbocycles. The molecule has 0 amide bonds. The molecule has 1 heterocycles. The number of ether oxygens (including phenoxy) is 1. The quantitative estimate of drug-likeness (QED) is 0.677. The summed E-state index contributed by atoms with van der Waals surface area (Å²) in [5.74, 6) is 0. The largest absolute Gasteiger partial charge is 0.374 e. The van der Waals surface area contributed by atoms with Gasteiger partial charge in [-0.15, -0.1) is 6.58 Å². The Balaban J connectivity index is 2.73. The van der Waals surface area contributed by atoms with Gasteiger partial charge < -0.3 is 4.74 Å². The second kappa shape index (κ2) is 6.18. The molecule has 0 radical (unpaired) electrons. The van der Waals surface area contributed by atoms with Crippen LogP contribution in [-0.2, 0) is 9.57 Å². The summed E-state index contributed by atoms with van der Waals surface area (Å²) >= 11 is 0. The Kier molecular flexibility index (Phi) is 5.38. The van der Waals surface area contributed by atoms with Gasteiger partial charge in [-0.05, 0) is 47.0 Å². The van der Waals surface area contributed by atoms with E-state index in [1.54, 1.807) is 0 Å². The molecule has 18 heavy (non-hydrogen) atoms. The third-order valence-electron chi connectivity index (χ3n) is 3.43. The standard InChI is InChI=1S/C15H29NO2/c1-7-9-17-13-11-14(3,4)16(18-10-8-2)15(5,6)12-13/h7,13H,1,8-12H2,2-6H3. The van der Waals surface area contributed by atoms with E-state index in [0.717, 1.165) is 25.9 Å². The molecule has 0 aliphatic carbocycles. The Morgan fingerprint density at radius 3 is 2.22 bits per heavy atom. The molecule has 106 valence electrons. The maximum Gasteiger partial charge on any atom is 0.0683 e. The lowest BCUT2D eigenvalue weighted by atomic mass is 9.80. The van der Waals surface area contributed by atoms with Gasteiger partial charge in [0.1, 0.15) is 0 Å². The summed E-state index contributed by atoms with van der Waals surface area (Å²) in [7, 11) is 0. The van der Waals surface area contributed by atoms with Crippen LogP contribution >= 0.6 is 0 Å². The maximum atomic E-state index is 5.97. The van der Waals surface area contributed by atoms with Crippen molar-refractivity contribution in [2.75, 3.05) is 13.2 Å². The van der Waals surface area contributed by atoms with Crippen molar-refractivity contribution >= 4 is 0 Å². The Morgan fingerprint density at radius 2 is 1.78 bits per heavy atom. The van der Waals surface area contributed by atoms with Gasteiger partial charge in [-0.25, -0.2) is 0 Å². The Morgan fingerprint density at radius 1 is 1.22 bits per heavy atom. The highest BCUT2D eigenvalue weighted by atomic mass is 16.7. The second-order valence-electron chi connectivity index (χ2n) is 6.40. The summed E-state index contributed by atoms with van der Waals surface area (Å²) in [5, 5.41) is 2.18. The van der Waals surface area contributed by atoms with Gasteiger partial charge in [-0.2, -0.15) is 5.06 Å². The minimum Gasteiger partial charge on any atom is -0.374 e. The topological polar surface area (TPSA) is 21.7 Å². The number of hydrogen-bond acceptors (Lipinski definition) is 3. The molecule has 1 rings (SSSR count). The van der Waals surface area contributed by atoms with E-state index in [9.17, 15) is 0 Å². The highest BCUT2D eigenvalue weighted by molar-refractivity contribution is 4.97. The van der Waals surface area contributed by atoms with Crippen molar-refractivity contribution in [3.05, 3.63) is 12.7 Å². The summed E-state index contributed by atoms with van der Waals surface area (Å²) in [6.07, 6.45) is 5.13. The van der Waals surface area contributed by atoms with Crippen molar-refractivity contribution in [2.45, 2.75) is 71.1 Å². The molecule has 0 aromatic rings. The van der Waals surface area contributed by atoms with Gasteiger partial charge in [0.15, 0.2) is 0 Å². The van der Waals surface area contributed by atoms with Gasteiger partial charge in [0.2, 0.25) is 0 Å². The van der Waals surface area contributed by atoms with Crippen molar-refractivity contribution in [1.29, 1.82) is 0 Å². The molecule has 1 aliphatic rings. The average molecular weight is 255 g/mol. The van der Waals surface area contributed by atoms with Crippen molar-refractivity contribution in [3.63, 3.8) is 0 Å². The summed E-state index contributed by atoms with van der Waals surface area (Å²) in [6, 6.07) is 0. The molecular formula is C15H29NO2. The first-order valence-electron chi connectivity index (χ1n) is 6.99.